The number of fused-ring (bicyclic) bond motifs is 1. The highest BCUT2D eigenvalue weighted by molar-refractivity contribution is 5.80. The monoisotopic (exact) mass is 558 g/mol. The average Bonchev–Trinajstić information content (AvgIpc) is 3.65. The molecule has 2 unspecified atom stereocenters. The molecule has 2 atom stereocenters. The van der Waals surface area contributed by atoms with Gasteiger partial charge in [-0.1, -0.05) is 61.9 Å². The minimum absolute atomic E-state index is 0.311. The van der Waals surface area contributed by atoms with Crippen molar-refractivity contribution < 1.29 is 9.47 Å². The number of hydrogen-bond donors (Lipinski definition) is 1. The van der Waals surface area contributed by atoms with E-state index in [1.54, 1.807) is 13.8 Å². The van der Waals surface area contributed by atoms with Crippen LogP contribution < -0.4 is 11.2 Å². The maximum absolute atomic E-state index is 13.8. The molecule has 1 N–H and O–H groups in total. The Hall–Kier alpha value is -4.42. The Morgan fingerprint density at radius 1 is 0.927 bits per heavy atom. The van der Waals surface area contributed by atoms with E-state index < -0.39 is 23.7 Å². The van der Waals surface area contributed by atoms with Gasteiger partial charge in [0.1, 0.15) is 18.3 Å². The lowest BCUT2D eigenvalue weighted by Crippen LogP contribution is -2.43. The molecule has 0 saturated carbocycles. The van der Waals surface area contributed by atoms with Gasteiger partial charge < -0.3 is 14.0 Å². The van der Waals surface area contributed by atoms with E-state index in [4.69, 9.17) is 14.5 Å². The van der Waals surface area contributed by atoms with Crippen LogP contribution in [0.25, 0.3) is 33.7 Å². The molecule has 41 heavy (non-hydrogen) atoms. The molecule has 12 heteroatoms. The standard InChI is InChI=1S/C29H34N8O4/c1-6-7-12-24-30-27-25(28(38)37(19(3)41-5)29(39)36(27)18(2)40-4)35(24)17-20-13-15-21(16-14-20)22-10-8-9-11-23(22)26-31-33-34-32-26/h8-11,13-16,18-19H,6-7,12,17H2,1-5H3,(H,31,32,33,34). The molecule has 0 saturated heterocycles. The first-order valence-electron chi connectivity index (χ1n) is 13.6. The van der Waals surface area contributed by atoms with Gasteiger partial charge in [-0.15, -0.1) is 10.2 Å². The van der Waals surface area contributed by atoms with Crippen LogP contribution in [0.4, 0.5) is 0 Å². The van der Waals surface area contributed by atoms with Gasteiger partial charge in [0, 0.05) is 32.7 Å². The van der Waals surface area contributed by atoms with Crippen molar-refractivity contribution in [3.8, 4) is 22.5 Å². The zero-order valence-electron chi connectivity index (χ0n) is 23.9. The number of tetrazole rings is 1. The Bertz CT molecular complexity index is 1750. The Kier molecular flexibility index (Phi) is 8.22. The third-order valence-electron chi connectivity index (χ3n) is 7.37. The van der Waals surface area contributed by atoms with Crippen molar-refractivity contribution >= 4 is 11.2 Å². The summed E-state index contributed by atoms with van der Waals surface area (Å²) in [6.45, 7) is 5.93. The van der Waals surface area contributed by atoms with Crippen molar-refractivity contribution in [2.24, 2.45) is 0 Å². The summed E-state index contributed by atoms with van der Waals surface area (Å²) in [4.78, 5) is 32.2. The van der Waals surface area contributed by atoms with Crippen LogP contribution >= 0.6 is 0 Å². The molecule has 0 spiro atoms. The van der Waals surface area contributed by atoms with Crippen molar-refractivity contribution in [2.45, 2.75) is 59.0 Å². The first-order chi connectivity index (χ1) is 19.9. The number of nitrogens with one attached hydrogen (secondary N) is 1. The summed E-state index contributed by atoms with van der Waals surface area (Å²) in [7, 11) is 2.98. The second kappa shape index (κ2) is 12.0. The topological polar surface area (TPSA) is 135 Å². The number of unbranched alkanes of at least 4 members (excludes halogenated alkanes) is 1. The first kappa shape index (κ1) is 28.1. The molecule has 3 aromatic heterocycles. The molecule has 0 amide bonds. The van der Waals surface area contributed by atoms with E-state index in [9.17, 15) is 9.59 Å². The number of H-pyrrole nitrogens is 1. The van der Waals surface area contributed by atoms with Gasteiger partial charge in [-0.2, -0.15) is 5.21 Å². The quantitative estimate of drug-likeness (QED) is 0.258. The number of imidazole rings is 1. The number of benzene rings is 2. The highest BCUT2D eigenvalue weighted by Gasteiger charge is 2.26. The van der Waals surface area contributed by atoms with E-state index in [2.05, 4.69) is 27.5 Å². The summed E-state index contributed by atoms with van der Waals surface area (Å²) in [6, 6.07) is 16.0. The molecule has 2 aromatic carbocycles. The summed E-state index contributed by atoms with van der Waals surface area (Å²) in [6.07, 6.45) is 1.11. The van der Waals surface area contributed by atoms with Gasteiger partial charge in [-0.25, -0.2) is 18.9 Å². The van der Waals surface area contributed by atoms with E-state index in [1.807, 2.05) is 53.1 Å². The van der Waals surface area contributed by atoms with Crippen LogP contribution in [-0.2, 0) is 22.4 Å². The smallest absolute Gasteiger partial charge is 0.337 e. The fourth-order valence-electron chi connectivity index (χ4n) is 5.01. The van der Waals surface area contributed by atoms with Gasteiger partial charge in [-0.05, 0) is 42.2 Å². The van der Waals surface area contributed by atoms with Crippen molar-refractivity contribution in [3.63, 3.8) is 0 Å². The minimum Gasteiger partial charge on any atom is -0.361 e. The van der Waals surface area contributed by atoms with Gasteiger partial charge in [-0.3, -0.25) is 4.79 Å². The molecule has 5 aromatic rings. The number of aromatic nitrogens is 8. The number of hydrogen-bond acceptors (Lipinski definition) is 8. The largest absolute Gasteiger partial charge is 0.361 e. The van der Waals surface area contributed by atoms with E-state index >= 15 is 0 Å². The van der Waals surface area contributed by atoms with Crippen LogP contribution in [0, 0.1) is 0 Å². The Balaban J connectivity index is 1.63. The normalized spacial score (nSPS) is 13.1. The molecule has 5 rings (SSSR count). The summed E-state index contributed by atoms with van der Waals surface area (Å²) < 4.78 is 15.4. The Morgan fingerprint density at radius 2 is 1.61 bits per heavy atom. The van der Waals surface area contributed by atoms with Gasteiger partial charge in [0.05, 0.1) is 0 Å². The predicted molar refractivity (Wildman–Crippen MR) is 154 cm³/mol. The number of aromatic amines is 1. The molecule has 12 nitrogen and oxygen atoms in total. The summed E-state index contributed by atoms with van der Waals surface area (Å²) in [5.74, 6) is 1.26. The molecular formula is C29H34N8O4. The second-order valence-electron chi connectivity index (χ2n) is 9.87. The molecule has 0 radical (unpaired) electrons. The number of ether oxygens (including phenoxy) is 2. The lowest BCUT2D eigenvalue weighted by atomic mass is 9.98. The maximum atomic E-state index is 13.8. The molecule has 0 aliphatic carbocycles. The molecular weight excluding hydrogens is 524 g/mol. The Morgan fingerprint density at radius 3 is 2.24 bits per heavy atom. The SMILES string of the molecule is CCCCc1nc2c(c(=O)n(C(C)OC)c(=O)n2C(C)OC)n1Cc1ccc(-c2ccccc2-c2nn[nH]n2)cc1. The third kappa shape index (κ3) is 5.23. The second-order valence-corrected chi connectivity index (χ2v) is 9.87. The first-order valence-corrected chi connectivity index (χ1v) is 13.6. The highest BCUT2D eigenvalue weighted by atomic mass is 16.5. The zero-order valence-corrected chi connectivity index (χ0v) is 23.9. The summed E-state index contributed by atoms with van der Waals surface area (Å²) in [5.41, 5.74) is 3.50. The van der Waals surface area contributed by atoms with Crippen molar-refractivity contribution in [3.05, 3.63) is 80.8 Å². The van der Waals surface area contributed by atoms with E-state index in [0.29, 0.717) is 30.0 Å². The Labute approximate surface area is 236 Å². The zero-order chi connectivity index (χ0) is 29.1. The van der Waals surface area contributed by atoms with Crippen molar-refractivity contribution in [1.29, 1.82) is 0 Å². The van der Waals surface area contributed by atoms with E-state index in [-0.39, 0.29) is 0 Å². The lowest BCUT2D eigenvalue weighted by molar-refractivity contribution is 0.0374. The molecule has 0 bridgehead atoms. The third-order valence-corrected chi connectivity index (χ3v) is 7.37. The number of aryl methyl sites for hydroxylation is 1. The molecule has 0 aliphatic rings. The minimum atomic E-state index is -0.768. The van der Waals surface area contributed by atoms with Crippen LogP contribution in [0.1, 0.15) is 57.5 Å². The van der Waals surface area contributed by atoms with Crippen LogP contribution in [0.2, 0.25) is 0 Å². The van der Waals surface area contributed by atoms with Crippen LogP contribution in [0.5, 0.6) is 0 Å². The maximum Gasteiger partial charge on any atom is 0.337 e. The predicted octanol–water partition coefficient (Wildman–Crippen LogP) is 3.93. The fraction of sp³-hybridized carbons (Fsp3) is 0.379. The van der Waals surface area contributed by atoms with E-state index in [1.165, 1.54) is 18.8 Å². The number of methoxy groups -OCH3 is 2. The molecule has 3 heterocycles. The molecule has 0 aliphatic heterocycles. The van der Waals surface area contributed by atoms with Crippen LogP contribution in [0.15, 0.2) is 58.1 Å². The lowest BCUT2D eigenvalue weighted by Gasteiger charge is -2.19. The summed E-state index contributed by atoms with van der Waals surface area (Å²) >= 11 is 0. The van der Waals surface area contributed by atoms with Gasteiger partial charge in [0.15, 0.2) is 11.2 Å². The number of rotatable bonds is 11. The molecule has 214 valence electrons. The van der Waals surface area contributed by atoms with Gasteiger partial charge >= 0.3 is 5.69 Å². The van der Waals surface area contributed by atoms with Crippen LogP contribution in [-0.4, -0.2) is 53.5 Å². The van der Waals surface area contributed by atoms with Gasteiger partial charge in [0.25, 0.3) is 5.56 Å². The molecule has 0 fully saturated rings. The van der Waals surface area contributed by atoms with E-state index in [0.717, 1.165) is 45.5 Å². The average molecular weight is 559 g/mol. The van der Waals surface area contributed by atoms with Gasteiger partial charge in [0.2, 0.25) is 5.82 Å². The summed E-state index contributed by atoms with van der Waals surface area (Å²) in [5, 5.41) is 14.5. The highest BCUT2D eigenvalue weighted by Crippen LogP contribution is 2.30. The van der Waals surface area contributed by atoms with Crippen molar-refractivity contribution in [1.82, 2.24) is 39.3 Å². The van der Waals surface area contributed by atoms with Crippen LogP contribution in [0.3, 0.4) is 0 Å². The number of nitrogens with zero attached hydrogens (tertiary/aromatic N) is 7. The fourth-order valence-corrected chi connectivity index (χ4v) is 5.01. The van der Waals surface area contributed by atoms with Crippen molar-refractivity contribution in [2.75, 3.05) is 14.2 Å².